The van der Waals surface area contributed by atoms with Crippen LogP contribution in [0.5, 0.6) is 0 Å². The quantitative estimate of drug-likeness (QED) is 0.742. The number of halogens is 1. The van der Waals surface area contributed by atoms with Gasteiger partial charge in [-0.2, -0.15) is 5.10 Å². The molecule has 2 N–H and O–H groups in total. The summed E-state index contributed by atoms with van der Waals surface area (Å²) in [6.07, 6.45) is 0. The topological polar surface area (TPSA) is 43.8 Å². The lowest BCUT2D eigenvalue weighted by Gasteiger charge is -2.07. The minimum Gasteiger partial charge on any atom is -0.383 e. The number of para-hydroxylation sites is 1. The third kappa shape index (κ3) is 2.45. The minimum atomic E-state index is 0.274. The molecule has 21 heavy (non-hydrogen) atoms. The van der Waals surface area contributed by atoms with Gasteiger partial charge in [0.2, 0.25) is 0 Å². The Morgan fingerprint density at radius 2 is 1.90 bits per heavy atom. The van der Waals surface area contributed by atoms with Crippen LogP contribution in [-0.2, 0) is 0 Å². The van der Waals surface area contributed by atoms with E-state index in [1.807, 2.05) is 41.8 Å². The Morgan fingerprint density at radius 1 is 1.19 bits per heavy atom. The Hall–Kier alpha value is -1.78. The summed E-state index contributed by atoms with van der Waals surface area (Å²) >= 11 is 7.87. The van der Waals surface area contributed by atoms with Crippen molar-refractivity contribution in [3.05, 3.63) is 52.4 Å². The monoisotopic (exact) mass is 317 g/mol. The summed E-state index contributed by atoms with van der Waals surface area (Å²) in [4.78, 5) is 0.974. The zero-order valence-corrected chi connectivity index (χ0v) is 13.4. The molecule has 3 rings (SSSR count). The highest BCUT2D eigenvalue weighted by Crippen LogP contribution is 2.40. The predicted octanol–water partition coefficient (Wildman–Crippen LogP) is 4.96. The van der Waals surface area contributed by atoms with E-state index in [4.69, 9.17) is 22.4 Å². The first kappa shape index (κ1) is 14.2. The number of thiophene rings is 1. The maximum Gasteiger partial charge on any atom is 0.131 e. The van der Waals surface area contributed by atoms with Crippen LogP contribution in [0.25, 0.3) is 16.3 Å². The van der Waals surface area contributed by atoms with Crippen molar-refractivity contribution in [2.75, 3.05) is 5.73 Å². The fourth-order valence-corrected chi connectivity index (χ4v) is 3.55. The first-order chi connectivity index (χ1) is 10.1. The molecule has 5 heteroatoms. The van der Waals surface area contributed by atoms with E-state index >= 15 is 0 Å². The highest BCUT2D eigenvalue weighted by atomic mass is 35.5. The van der Waals surface area contributed by atoms with E-state index in [-0.39, 0.29) is 5.92 Å². The highest BCUT2D eigenvalue weighted by Gasteiger charge is 2.22. The Kier molecular flexibility index (Phi) is 3.74. The maximum absolute atomic E-state index is 6.36. The average Bonchev–Trinajstić information content (AvgIpc) is 3.03. The van der Waals surface area contributed by atoms with Gasteiger partial charge in [0, 0.05) is 5.56 Å². The summed E-state index contributed by atoms with van der Waals surface area (Å²) in [5.41, 5.74) is 9.24. The molecule has 3 nitrogen and oxygen atoms in total. The van der Waals surface area contributed by atoms with Gasteiger partial charge in [-0.15, -0.1) is 11.3 Å². The third-order valence-electron chi connectivity index (χ3n) is 3.37. The number of hydrogen-bond acceptors (Lipinski definition) is 3. The van der Waals surface area contributed by atoms with Crippen molar-refractivity contribution >= 4 is 28.8 Å². The lowest BCUT2D eigenvalue weighted by molar-refractivity contribution is 0.868. The summed E-state index contributed by atoms with van der Waals surface area (Å²) in [7, 11) is 0. The van der Waals surface area contributed by atoms with Crippen LogP contribution >= 0.6 is 22.9 Å². The van der Waals surface area contributed by atoms with Crippen molar-refractivity contribution < 1.29 is 0 Å². The molecule has 0 aliphatic carbocycles. The van der Waals surface area contributed by atoms with Gasteiger partial charge in [-0.05, 0) is 29.5 Å². The van der Waals surface area contributed by atoms with Gasteiger partial charge in [-0.3, -0.25) is 0 Å². The Labute approximate surface area is 133 Å². The summed E-state index contributed by atoms with van der Waals surface area (Å²) in [5, 5.41) is 7.42. The number of aromatic nitrogens is 2. The van der Waals surface area contributed by atoms with E-state index in [2.05, 4.69) is 13.8 Å². The molecule has 0 bridgehead atoms. The molecule has 0 spiro atoms. The second kappa shape index (κ2) is 5.54. The normalized spacial score (nSPS) is 11.2. The van der Waals surface area contributed by atoms with Gasteiger partial charge in [-0.1, -0.05) is 43.6 Å². The SMILES string of the molecule is CC(C)c1c(-c2sccc2Cl)nn(-c2ccccc2)c1N. The van der Waals surface area contributed by atoms with Gasteiger partial charge in [-0.25, -0.2) is 4.68 Å². The van der Waals surface area contributed by atoms with Gasteiger partial charge in [0.1, 0.15) is 11.5 Å². The van der Waals surface area contributed by atoms with E-state index < -0.39 is 0 Å². The maximum atomic E-state index is 6.36. The van der Waals surface area contributed by atoms with Crippen molar-refractivity contribution in [1.29, 1.82) is 0 Å². The minimum absolute atomic E-state index is 0.274. The van der Waals surface area contributed by atoms with Crippen molar-refractivity contribution in [2.24, 2.45) is 0 Å². The van der Waals surface area contributed by atoms with Crippen LogP contribution in [0.1, 0.15) is 25.3 Å². The number of benzene rings is 1. The lowest BCUT2D eigenvalue weighted by Crippen LogP contribution is -2.03. The van der Waals surface area contributed by atoms with Crippen LogP contribution in [0, 0.1) is 0 Å². The molecule has 1 aromatic carbocycles. The molecule has 0 aliphatic rings. The van der Waals surface area contributed by atoms with Gasteiger partial charge in [0.05, 0.1) is 15.6 Å². The van der Waals surface area contributed by atoms with Crippen LogP contribution in [0.3, 0.4) is 0 Å². The zero-order valence-electron chi connectivity index (χ0n) is 11.9. The molecular formula is C16H16ClN3S. The largest absolute Gasteiger partial charge is 0.383 e. The van der Waals surface area contributed by atoms with Crippen molar-refractivity contribution in [3.63, 3.8) is 0 Å². The molecule has 0 aliphatic heterocycles. The zero-order chi connectivity index (χ0) is 15.0. The van der Waals surface area contributed by atoms with Gasteiger partial charge >= 0.3 is 0 Å². The number of nitrogens with zero attached hydrogens (tertiary/aromatic N) is 2. The van der Waals surface area contributed by atoms with E-state index in [0.29, 0.717) is 5.82 Å². The van der Waals surface area contributed by atoms with Crippen LogP contribution in [-0.4, -0.2) is 9.78 Å². The Balaban J connectivity index is 2.24. The van der Waals surface area contributed by atoms with Gasteiger partial charge in [0.25, 0.3) is 0 Å². The van der Waals surface area contributed by atoms with Crippen LogP contribution < -0.4 is 5.73 Å². The van der Waals surface area contributed by atoms with Crippen molar-refractivity contribution in [3.8, 4) is 16.3 Å². The molecule has 108 valence electrons. The lowest BCUT2D eigenvalue weighted by atomic mass is 10.0. The van der Waals surface area contributed by atoms with Crippen LogP contribution in [0.2, 0.25) is 5.02 Å². The van der Waals surface area contributed by atoms with E-state index in [9.17, 15) is 0 Å². The van der Waals surface area contributed by atoms with E-state index in [1.165, 1.54) is 0 Å². The number of anilines is 1. The standard InChI is InChI=1S/C16H16ClN3S/c1-10(2)13-14(15-12(17)8-9-21-15)19-20(16(13)18)11-6-4-3-5-7-11/h3-10H,18H2,1-2H3. The number of nitrogen functional groups attached to an aromatic ring is 1. The number of rotatable bonds is 3. The first-order valence-corrected chi connectivity index (χ1v) is 8.02. The fraction of sp³-hybridized carbons (Fsp3) is 0.188. The highest BCUT2D eigenvalue weighted by molar-refractivity contribution is 7.14. The Bertz CT molecular complexity index is 759. The number of hydrogen-bond donors (Lipinski definition) is 1. The van der Waals surface area contributed by atoms with Crippen LogP contribution in [0.15, 0.2) is 41.8 Å². The van der Waals surface area contributed by atoms with Gasteiger partial charge < -0.3 is 5.73 Å². The van der Waals surface area contributed by atoms with Crippen molar-refractivity contribution in [1.82, 2.24) is 9.78 Å². The summed E-state index contributed by atoms with van der Waals surface area (Å²) < 4.78 is 1.79. The molecule has 0 saturated heterocycles. The molecule has 0 unspecified atom stereocenters. The van der Waals surface area contributed by atoms with E-state index in [1.54, 1.807) is 16.0 Å². The molecule has 0 amide bonds. The second-order valence-corrected chi connectivity index (χ2v) is 6.47. The first-order valence-electron chi connectivity index (χ1n) is 6.76. The molecule has 2 heterocycles. The second-order valence-electron chi connectivity index (χ2n) is 5.15. The molecule has 0 saturated carbocycles. The molecule has 2 aromatic heterocycles. The molecule has 0 radical (unpaired) electrons. The molecule has 0 atom stereocenters. The van der Waals surface area contributed by atoms with E-state index in [0.717, 1.165) is 26.8 Å². The summed E-state index contributed by atoms with van der Waals surface area (Å²) in [6.45, 7) is 4.24. The molecule has 0 fully saturated rings. The average molecular weight is 318 g/mol. The predicted molar refractivity (Wildman–Crippen MR) is 90.4 cm³/mol. The summed E-state index contributed by atoms with van der Waals surface area (Å²) in [5.74, 6) is 0.950. The smallest absolute Gasteiger partial charge is 0.131 e. The van der Waals surface area contributed by atoms with Crippen molar-refractivity contribution in [2.45, 2.75) is 19.8 Å². The Morgan fingerprint density at radius 3 is 2.48 bits per heavy atom. The number of nitrogens with two attached hydrogens (primary N) is 1. The van der Waals surface area contributed by atoms with Crippen LogP contribution in [0.4, 0.5) is 5.82 Å². The third-order valence-corrected chi connectivity index (χ3v) is 4.72. The van der Waals surface area contributed by atoms with Gasteiger partial charge in [0.15, 0.2) is 0 Å². The summed E-state index contributed by atoms with van der Waals surface area (Å²) in [6, 6.07) is 11.8. The molecule has 3 aromatic rings. The fourth-order valence-electron chi connectivity index (χ4n) is 2.41. The molecular weight excluding hydrogens is 302 g/mol.